The third-order valence-electron chi connectivity index (χ3n) is 2.54. The first-order valence-electron chi connectivity index (χ1n) is 4.90. The Labute approximate surface area is 83.6 Å². The molecule has 4 heteroatoms. The molecule has 0 radical (unpaired) electrons. The second kappa shape index (κ2) is 3.84. The fraction of sp³-hybridized carbons (Fsp3) is 0.500. The third-order valence-corrected chi connectivity index (χ3v) is 2.54. The maximum absolute atomic E-state index is 9.66. The molecule has 1 fully saturated rings. The summed E-state index contributed by atoms with van der Waals surface area (Å²) in [5, 5.41) is 13.0. The van der Waals surface area contributed by atoms with E-state index in [1.54, 1.807) is 18.3 Å². The smallest absolute Gasteiger partial charge is 0.171 e. The number of piperazine rings is 1. The fourth-order valence-corrected chi connectivity index (χ4v) is 1.77. The Balaban J connectivity index is 2.25. The van der Waals surface area contributed by atoms with Crippen molar-refractivity contribution in [2.45, 2.75) is 13.0 Å². The van der Waals surface area contributed by atoms with E-state index in [0.29, 0.717) is 11.9 Å². The Morgan fingerprint density at radius 3 is 3.21 bits per heavy atom. The Kier molecular flexibility index (Phi) is 2.54. The minimum absolute atomic E-state index is 0.265. The molecule has 1 aromatic heterocycles. The van der Waals surface area contributed by atoms with Gasteiger partial charge in [-0.3, -0.25) is 0 Å². The van der Waals surface area contributed by atoms with E-state index in [-0.39, 0.29) is 5.75 Å². The van der Waals surface area contributed by atoms with Gasteiger partial charge in [-0.1, -0.05) is 0 Å². The van der Waals surface area contributed by atoms with Gasteiger partial charge in [0.15, 0.2) is 11.6 Å². The highest BCUT2D eigenvalue weighted by Crippen LogP contribution is 2.25. The molecule has 1 aromatic rings. The van der Waals surface area contributed by atoms with Gasteiger partial charge in [0.25, 0.3) is 0 Å². The third kappa shape index (κ3) is 1.65. The molecule has 0 unspecified atom stereocenters. The summed E-state index contributed by atoms with van der Waals surface area (Å²) in [6.07, 6.45) is 1.71. The molecule has 0 aliphatic carbocycles. The van der Waals surface area contributed by atoms with Gasteiger partial charge in [0.05, 0.1) is 0 Å². The number of pyridine rings is 1. The summed E-state index contributed by atoms with van der Waals surface area (Å²) in [5.74, 6) is 0.961. The maximum atomic E-state index is 9.66. The van der Waals surface area contributed by atoms with Gasteiger partial charge in [-0.15, -0.1) is 0 Å². The molecule has 1 aliphatic heterocycles. The molecule has 0 aromatic carbocycles. The van der Waals surface area contributed by atoms with Gasteiger partial charge in [0, 0.05) is 31.9 Å². The highest BCUT2D eigenvalue weighted by Gasteiger charge is 2.21. The molecule has 14 heavy (non-hydrogen) atoms. The Morgan fingerprint density at radius 2 is 2.50 bits per heavy atom. The van der Waals surface area contributed by atoms with Crippen LogP contribution in [0.3, 0.4) is 0 Å². The van der Waals surface area contributed by atoms with Crippen LogP contribution in [0.1, 0.15) is 6.92 Å². The Hall–Kier alpha value is -1.29. The van der Waals surface area contributed by atoms with Gasteiger partial charge < -0.3 is 15.3 Å². The average molecular weight is 193 g/mol. The quantitative estimate of drug-likeness (QED) is 0.685. The standard InChI is InChI=1S/C10H15N3O/c1-8-7-11-5-6-13(8)10-9(14)3-2-4-12-10/h2-4,8,11,14H,5-7H2,1H3/t8-/m1/s1. The summed E-state index contributed by atoms with van der Waals surface area (Å²) in [4.78, 5) is 6.33. The first kappa shape index (κ1) is 9.27. The van der Waals surface area contributed by atoms with Crippen molar-refractivity contribution in [2.75, 3.05) is 24.5 Å². The van der Waals surface area contributed by atoms with Crippen LogP contribution in [-0.2, 0) is 0 Å². The molecule has 0 saturated carbocycles. The van der Waals surface area contributed by atoms with Gasteiger partial charge in [0.1, 0.15) is 0 Å². The van der Waals surface area contributed by atoms with Gasteiger partial charge in [0.2, 0.25) is 0 Å². The van der Waals surface area contributed by atoms with Crippen LogP contribution in [0.5, 0.6) is 5.75 Å². The van der Waals surface area contributed by atoms with Crippen molar-refractivity contribution in [1.29, 1.82) is 0 Å². The van der Waals surface area contributed by atoms with E-state index in [1.165, 1.54) is 0 Å². The van der Waals surface area contributed by atoms with Crippen LogP contribution >= 0.6 is 0 Å². The molecule has 1 aliphatic rings. The highest BCUT2D eigenvalue weighted by molar-refractivity contribution is 5.52. The first-order valence-corrected chi connectivity index (χ1v) is 4.90. The van der Waals surface area contributed by atoms with Gasteiger partial charge in [-0.05, 0) is 19.1 Å². The van der Waals surface area contributed by atoms with E-state index < -0.39 is 0 Å². The topological polar surface area (TPSA) is 48.4 Å². The van der Waals surface area contributed by atoms with Crippen LogP contribution in [-0.4, -0.2) is 35.8 Å². The van der Waals surface area contributed by atoms with E-state index in [4.69, 9.17) is 0 Å². The number of anilines is 1. The number of rotatable bonds is 1. The Bertz CT molecular complexity index is 316. The zero-order valence-corrected chi connectivity index (χ0v) is 8.27. The van der Waals surface area contributed by atoms with Crippen LogP contribution in [0.15, 0.2) is 18.3 Å². The van der Waals surface area contributed by atoms with E-state index in [1.807, 2.05) is 0 Å². The van der Waals surface area contributed by atoms with Crippen molar-refractivity contribution in [3.05, 3.63) is 18.3 Å². The minimum atomic E-state index is 0.265. The highest BCUT2D eigenvalue weighted by atomic mass is 16.3. The Morgan fingerprint density at radius 1 is 1.64 bits per heavy atom. The lowest BCUT2D eigenvalue weighted by molar-refractivity contribution is 0.452. The molecule has 1 saturated heterocycles. The molecule has 2 heterocycles. The molecule has 0 spiro atoms. The van der Waals surface area contributed by atoms with E-state index in [2.05, 4.69) is 22.1 Å². The number of nitrogens with zero attached hydrogens (tertiary/aromatic N) is 2. The summed E-state index contributed by atoms with van der Waals surface area (Å²) in [6.45, 7) is 4.91. The van der Waals surface area contributed by atoms with Crippen molar-refractivity contribution in [3.8, 4) is 5.75 Å². The van der Waals surface area contributed by atoms with Crippen molar-refractivity contribution in [1.82, 2.24) is 10.3 Å². The molecule has 4 nitrogen and oxygen atoms in total. The normalized spacial score (nSPS) is 22.4. The summed E-state index contributed by atoms with van der Waals surface area (Å²) < 4.78 is 0. The second-order valence-electron chi connectivity index (χ2n) is 3.59. The van der Waals surface area contributed by atoms with Crippen LogP contribution < -0.4 is 10.2 Å². The predicted molar refractivity (Wildman–Crippen MR) is 55.6 cm³/mol. The monoisotopic (exact) mass is 193 g/mol. The van der Waals surface area contributed by atoms with Crippen LogP contribution in [0, 0.1) is 0 Å². The number of hydrogen-bond donors (Lipinski definition) is 2. The van der Waals surface area contributed by atoms with E-state index in [9.17, 15) is 5.11 Å². The molecular weight excluding hydrogens is 178 g/mol. The fourth-order valence-electron chi connectivity index (χ4n) is 1.77. The van der Waals surface area contributed by atoms with Crippen molar-refractivity contribution >= 4 is 5.82 Å². The van der Waals surface area contributed by atoms with Gasteiger partial charge in [-0.25, -0.2) is 4.98 Å². The van der Waals surface area contributed by atoms with Crippen molar-refractivity contribution in [2.24, 2.45) is 0 Å². The second-order valence-corrected chi connectivity index (χ2v) is 3.59. The lowest BCUT2D eigenvalue weighted by atomic mass is 10.2. The molecular formula is C10H15N3O. The van der Waals surface area contributed by atoms with E-state index >= 15 is 0 Å². The summed E-state index contributed by atoms with van der Waals surface area (Å²) >= 11 is 0. The van der Waals surface area contributed by atoms with Gasteiger partial charge in [-0.2, -0.15) is 0 Å². The predicted octanol–water partition coefficient (Wildman–Crippen LogP) is 0.585. The van der Waals surface area contributed by atoms with E-state index in [0.717, 1.165) is 19.6 Å². The maximum Gasteiger partial charge on any atom is 0.171 e. The first-order chi connectivity index (χ1) is 6.79. The lowest BCUT2D eigenvalue weighted by Crippen LogP contribution is -2.50. The molecule has 1 atom stereocenters. The molecule has 0 bridgehead atoms. The van der Waals surface area contributed by atoms with Crippen LogP contribution in [0.25, 0.3) is 0 Å². The summed E-state index contributed by atoms with van der Waals surface area (Å²) in [5.41, 5.74) is 0. The number of hydrogen-bond acceptors (Lipinski definition) is 4. The number of nitrogens with one attached hydrogen (secondary N) is 1. The lowest BCUT2D eigenvalue weighted by Gasteiger charge is -2.35. The SMILES string of the molecule is C[C@@H]1CNCCN1c1ncccc1O. The minimum Gasteiger partial charge on any atom is -0.504 e. The largest absolute Gasteiger partial charge is 0.504 e. The van der Waals surface area contributed by atoms with Crippen molar-refractivity contribution < 1.29 is 5.11 Å². The van der Waals surface area contributed by atoms with Gasteiger partial charge >= 0.3 is 0 Å². The van der Waals surface area contributed by atoms with Crippen molar-refractivity contribution in [3.63, 3.8) is 0 Å². The zero-order valence-electron chi connectivity index (χ0n) is 8.27. The summed E-state index contributed by atoms with van der Waals surface area (Å²) in [7, 11) is 0. The number of aromatic nitrogens is 1. The molecule has 76 valence electrons. The average Bonchev–Trinajstić information content (AvgIpc) is 2.20. The van der Waals surface area contributed by atoms with Crippen LogP contribution in [0.4, 0.5) is 5.82 Å². The molecule has 2 rings (SSSR count). The number of aromatic hydroxyl groups is 1. The molecule has 0 amide bonds. The molecule has 2 N–H and O–H groups in total. The summed E-state index contributed by atoms with van der Waals surface area (Å²) in [6, 6.07) is 3.80. The van der Waals surface area contributed by atoms with Crippen LogP contribution in [0.2, 0.25) is 0 Å². The zero-order chi connectivity index (χ0) is 9.97.